The van der Waals surface area contributed by atoms with E-state index < -0.39 is 0 Å². The van der Waals surface area contributed by atoms with E-state index in [1.807, 2.05) is 23.0 Å². The molecule has 0 unspecified atom stereocenters. The van der Waals surface area contributed by atoms with Gasteiger partial charge in [0.05, 0.1) is 19.9 Å². The molecule has 1 aliphatic carbocycles. The van der Waals surface area contributed by atoms with E-state index in [-0.39, 0.29) is 5.54 Å². The monoisotopic (exact) mass is 243 g/mol. The topological polar surface area (TPSA) is 53.1 Å². The molecule has 1 aromatic heterocycles. The van der Waals surface area contributed by atoms with Crippen LogP contribution in [0.4, 0.5) is 0 Å². The zero-order chi connectivity index (χ0) is 12.6. The van der Waals surface area contributed by atoms with Gasteiger partial charge in [-0.05, 0) is 30.5 Å². The normalized spacial score (nSPS) is 16.6. The summed E-state index contributed by atoms with van der Waals surface area (Å²) in [5.41, 5.74) is 8.39. The maximum atomic E-state index is 6.14. The van der Waals surface area contributed by atoms with Gasteiger partial charge in [0.2, 0.25) is 0 Å². The van der Waals surface area contributed by atoms with E-state index in [1.165, 1.54) is 5.56 Å². The van der Waals surface area contributed by atoms with Gasteiger partial charge in [0, 0.05) is 17.3 Å². The molecule has 0 radical (unpaired) electrons. The first-order valence-electron chi connectivity index (χ1n) is 6.14. The summed E-state index contributed by atoms with van der Waals surface area (Å²) < 4.78 is 7.07. The SMILES string of the molecule is COc1ccc(Cn2cc(C3(N)CC3)cn2)cc1. The fraction of sp³-hybridized carbons (Fsp3) is 0.357. The minimum absolute atomic E-state index is 0.0990. The summed E-state index contributed by atoms with van der Waals surface area (Å²) in [6, 6.07) is 8.03. The molecule has 2 aromatic rings. The van der Waals surface area contributed by atoms with Crippen molar-refractivity contribution in [3.8, 4) is 5.75 Å². The summed E-state index contributed by atoms with van der Waals surface area (Å²) in [5.74, 6) is 0.874. The second-order valence-electron chi connectivity index (χ2n) is 4.93. The highest BCUT2D eigenvalue weighted by Gasteiger charge is 2.40. The van der Waals surface area contributed by atoms with Crippen molar-refractivity contribution in [2.24, 2.45) is 5.73 Å². The van der Waals surface area contributed by atoms with Gasteiger partial charge in [-0.15, -0.1) is 0 Å². The lowest BCUT2D eigenvalue weighted by atomic mass is 10.1. The van der Waals surface area contributed by atoms with Crippen LogP contribution in [0.25, 0.3) is 0 Å². The molecule has 0 bridgehead atoms. The van der Waals surface area contributed by atoms with E-state index in [0.717, 1.165) is 30.7 Å². The Hall–Kier alpha value is -1.81. The van der Waals surface area contributed by atoms with E-state index in [1.54, 1.807) is 7.11 Å². The van der Waals surface area contributed by atoms with Crippen LogP contribution >= 0.6 is 0 Å². The Labute approximate surface area is 106 Å². The molecule has 0 spiro atoms. The highest BCUT2D eigenvalue weighted by atomic mass is 16.5. The van der Waals surface area contributed by atoms with E-state index >= 15 is 0 Å². The molecule has 0 atom stereocenters. The lowest BCUT2D eigenvalue weighted by Gasteiger charge is -2.05. The van der Waals surface area contributed by atoms with Gasteiger partial charge in [-0.25, -0.2) is 0 Å². The fourth-order valence-electron chi connectivity index (χ4n) is 2.05. The Morgan fingerprint density at radius 3 is 2.67 bits per heavy atom. The number of rotatable bonds is 4. The average Bonchev–Trinajstić information content (AvgIpc) is 2.97. The quantitative estimate of drug-likeness (QED) is 0.892. The molecule has 3 rings (SSSR count). The number of nitrogens with zero attached hydrogens (tertiary/aromatic N) is 2. The Morgan fingerprint density at radius 1 is 1.33 bits per heavy atom. The Bertz CT molecular complexity index is 540. The van der Waals surface area contributed by atoms with Crippen molar-refractivity contribution in [3.63, 3.8) is 0 Å². The molecule has 1 aliphatic rings. The predicted molar refractivity (Wildman–Crippen MR) is 69.4 cm³/mol. The van der Waals surface area contributed by atoms with Crippen molar-refractivity contribution in [1.29, 1.82) is 0 Å². The highest BCUT2D eigenvalue weighted by Crippen LogP contribution is 2.42. The Balaban J connectivity index is 1.73. The molecule has 0 aliphatic heterocycles. The summed E-state index contributed by atoms with van der Waals surface area (Å²) in [6.07, 6.45) is 6.08. The van der Waals surface area contributed by atoms with Crippen molar-refractivity contribution in [2.75, 3.05) is 7.11 Å². The van der Waals surface area contributed by atoms with E-state index in [9.17, 15) is 0 Å². The largest absolute Gasteiger partial charge is 0.497 e. The summed E-state index contributed by atoms with van der Waals surface area (Å²) in [5, 5.41) is 4.37. The maximum absolute atomic E-state index is 6.14. The molecule has 18 heavy (non-hydrogen) atoms. The van der Waals surface area contributed by atoms with Crippen molar-refractivity contribution < 1.29 is 4.74 Å². The number of nitrogens with two attached hydrogens (primary N) is 1. The van der Waals surface area contributed by atoms with Crippen molar-refractivity contribution >= 4 is 0 Å². The van der Waals surface area contributed by atoms with Crippen molar-refractivity contribution in [1.82, 2.24) is 9.78 Å². The Morgan fingerprint density at radius 2 is 2.06 bits per heavy atom. The van der Waals surface area contributed by atoms with E-state index in [0.29, 0.717) is 0 Å². The zero-order valence-electron chi connectivity index (χ0n) is 10.5. The van der Waals surface area contributed by atoms with Crippen LogP contribution < -0.4 is 10.5 Å². The van der Waals surface area contributed by atoms with Gasteiger partial charge in [0.15, 0.2) is 0 Å². The van der Waals surface area contributed by atoms with Crippen molar-refractivity contribution in [2.45, 2.75) is 24.9 Å². The molecule has 1 fully saturated rings. The van der Waals surface area contributed by atoms with Crippen LogP contribution in [0.3, 0.4) is 0 Å². The first-order chi connectivity index (χ1) is 8.69. The molecule has 1 aromatic carbocycles. The zero-order valence-corrected chi connectivity index (χ0v) is 10.5. The minimum atomic E-state index is -0.0990. The number of benzene rings is 1. The van der Waals surface area contributed by atoms with Gasteiger partial charge in [-0.2, -0.15) is 5.10 Å². The van der Waals surface area contributed by atoms with Crippen LogP contribution in [-0.4, -0.2) is 16.9 Å². The molecular weight excluding hydrogens is 226 g/mol. The number of methoxy groups -OCH3 is 1. The third-order valence-corrected chi connectivity index (χ3v) is 3.50. The molecule has 0 amide bonds. The van der Waals surface area contributed by atoms with Gasteiger partial charge >= 0.3 is 0 Å². The molecule has 1 heterocycles. The first kappa shape index (κ1) is 11.3. The van der Waals surface area contributed by atoms with Crippen LogP contribution in [0.1, 0.15) is 24.0 Å². The van der Waals surface area contributed by atoms with Crippen LogP contribution in [0.15, 0.2) is 36.7 Å². The second-order valence-corrected chi connectivity index (χ2v) is 4.93. The third-order valence-electron chi connectivity index (χ3n) is 3.50. The number of hydrogen-bond acceptors (Lipinski definition) is 3. The summed E-state index contributed by atoms with van der Waals surface area (Å²) in [6.45, 7) is 0.764. The molecule has 94 valence electrons. The molecular formula is C14H17N3O. The standard InChI is InChI=1S/C14H17N3O/c1-18-13-4-2-11(3-5-13)9-17-10-12(8-16-17)14(15)6-7-14/h2-5,8,10H,6-7,9,15H2,1H3. The van der Waals surface area contributed by atoms with Gasteiger partial charge in [-0.1, -0.05) is 12.1 Å². The van der Waals surface area contributed by atoms with Crippen LogP contribution in [0.5, 0.6) is 5.75 Å². The maximum Gasteiger partial charge on any atom is 0.118 e. The van der Waals surface area contributed by atoms with Gasteiger partial charge in [0.25, 0.3) is 0 Å². The molecule has 0 saturated heterocycles. The lowest BCUT2D eigenvalue weighted by Crippen LogP contribution is -2.17. The minimum Gasteiger partial charge on any atom is -0.497 e. The second kappa shape index (κ2) is 4.14. The third kappa shape index (κ3) is 2.11. The van der Waals surface area contributed by atoms with Gasteiger partial charge in [0.1, 0.15) is 5.75 Å². The summed E-state index contributed by atoms with van der Waals surface area (Å²) >= 11 is 0. The summed E-state index contributed by atoms with van der Waals surface area (Å²) in [4.78, 5) is 0. The predicted octanol–water partition coefficient (Wildman–Crippen LogP) is 1.89. The lowest BCUT2D eigenvalue weighted by molar-refractivity contribution is 0.414. The fourth-order valence-corrected chi connectivity index (χ4v) is 2.05. The van der Waals surface area contributed by atoms with E-state index in [4.69, 9.17) is 10.5 Å². The van der Waals surface area contributed by atoms with E-state index in [2.05, 4.69) is 23.4 Å². The Kier molecular flexibility index (Phi) is 2.59. The first-order valence-corrected chi connectivity index (χ1v) is 6.14. The number of hydrogen-bond donors (Lipinski definition) is 1. The molecule has 4 nitrogen and oxygen atoms in total. The van der Waals surface area contributed by atoms with Crippen LogP contribution in [-0.2, 0) is 12.1 Å². The van der Waals surface area contributed by atoms with Gasteiger partial charge in [-0.3, -0.25) is 4.68 Å². The average molecular weight is 243 g/mol. The van der Waals surface area contributed by atoms with Crippen molar-refractivity contribution in [3.05, 3.63) is 47.8 Å². The molecule has 1 saturated carbocycles. The van der Waals surface area contributed by atoms with Crippen LogP contribution in [0, 0.1) is 0 Å². The number of aromatic nitrogens is 2. The molecule has 2 N–H and O–H groups in total. The van der Waals surface area contributed by atoms with Gasteiger partial charge < -0.3 is 10.5 Å². The smallest absolute Gasteiger partial charge is 0.118 e. The molecule has 4 heteroatoms. The number of ether oxygens (including phenoxy) is 1. The van der Waals surface area contributed by atoms with Crippen LogP contribution in [0.2, 0.25) is 0 Å². The summed E-state index contributed by atoms with van der Waals surface area (Å²) in [7, 11) is 1.67. The highest BCUT2D eigenvalue weighted by molar-refractivity contribution is 5.28.